The summed E-state index contributed by atoms with van der Waals surface area (Å²) in [4.78, 5) is 52.3. The van der Waals surface area contributed by atoms with Gasteiger partial charge in [0.2, 0.25) is 17.7 Å². The summed E-state index contributed by atoms with van der Waals surface area (Å²) in [5.41, 5.74) is 7.00. The Morgan fingerprint density at radius 1 is 1.00 bits per heavy atom. The van der Waals surface area contributed by atoms with E-state index in [0.717, 1.165) is 12.1 Å². The van der Waals surface area contributed by atoms with E-state index < -0.39 is 18.0 Å². The van der Waals surface area contributed by atoms with Crippen molar-refractivity contribution in [3.05, 3.63) is 42.1 Å². The largest absolute Gasteiger partial charge is 0.445 e. The van der Waals surface area contributed by atoms with Crippen LogP contribution in [-0.4, -0.2) is 107 Å². The number of rotatable bonds is 18. The Morgan fingerprint density at radius 2 is 1.69 bits per heavy atom. The first-order valence-corrected chi connectivity index (χ1v) is 12.8. The van der Waals surface area contributed by atoms with Gasteiger partial charge in [-0.3, -0.25) is 14.4 Å². The van der Waals surface area contributed by atoms with E-state index in [1.807, 2.05) is 26.0 Å². The molecule has 0 aliphatic carbocycles. The van der Waals surface area contributed by atoms with Gasteiger partial charge in [-0.2, -0.15) is 0 Å². The van der Waals surface area contributed by atoms with Crippen molar-refractivity contribution in [2.75, 3.05) is 72.8 Å². The van der Waals surface area contributed by atoms with Crippen LogP contribution in [0.5, 0.6) is 0 Å². The van der Waals surface area contributed by atoms with Crippen molar-refractivity contribution >= 4 is 29.5 Å². The number of carbonyl (C=O) groups is 4. The number of nitrogens with one attached hydrogen (secondary N) is 5. The van der Waals surface area contributed by atoms with Crippen LogP contribution in [0.15, 0.2) is 36.5 Å². The van der Waals surface area contributed by atoms with Crippen LogP contribution in [0.2, 0.25) is 0 Å². The van der Waals surface area contributed by atoms with Gasteiger partial charge in [-0.15, -0.1) is 0 Å². The molecule has 0 aliphatic rings. The molecule has 0 radical (unpaired) electrons. The lowest BCUT2D eigenvalue weighted by Gasteiger charge is -2.20. The molecule has 13 heteroatoms. The normalized spacial score (nSPS) is 11.3. The van der Waals surface area contributed by atoms with Crippen molar-refractivity contribution in [1.29, 1.82) is 0 Å². The van der Waals surface area contributed by atoms with Gasteiger partial charge < -0.3 is 46.9 Å². The van der Waals surface area contributed by atoms with E-state index in [4.69, 9.17) is 10.5 Å². The summed E-state index contributed by atoms with van der Waals surface area (Å²) in [6.07, 6.45) is 0.696. The first-order valence-electron chi connectivity index (χ1n) is 12.8. The highest BCUT2D eigenvalue weighted by atomic mass is 16.6. The number of likely N-dealkylation sites (N-methyl/N-ethyl adjacent to an activating group) is 2. The summed E-state index contributed by atoms with van der Waals surface area (Å²) in [6, 6.07) is 6.19. The monoisotopic (exact) mass is 548 g/mol. The summed E-state index contributed by atoms with van der Waals surface area (Å²) in [6.45, 7) is 5.73. The summed E-state index contributed by atoms with van der Waals surface area (Å²) in [5.74, 6) is -1.07. The lowest BCUT2D eigenvalue weighted by atomic mass is 10.1. The molecule has 1 rings (SSSR count). The molecule has 39 heavy (non-hydrogen) atoms. The fourth-order valence-electron chi connectivity index (χ4n) is 3.15. The summed E-state index contributed by atoms with van der Waals surface area (Å²) < 4.78 is 5.34. The minimum Gasteiger partial charge on any atom is -0.445 e. The average Bonchev–Trinajstić information content (AvgIpc) is 2.92. The van der Waals surface area contributed by atoms with Crippen molar-refractivity contribution in [2.45, 2.75) is 25.5 Å². The second-order valence-electron chi connectivity index (χ2n) is 9.27. The maximum absolute atomic E-state index is 13.0. The molecule has 1 aromatic rings. The molecule has 0 fully saturated rings. The lowest BCUT2D eigenvalue weighted by Crippen LogP contribution is -2.47. The number of carbonyl (C=O) groups excluding carboxylic acids is 4. The van der Waals surface area contributed by atoms with Crippen molar-refractivity contribution in [1.82, 2.24) is 31.1 Å². The molecule has 0 aliphatic heterocycles. The van der Waals surface area contributed by atoms with E-state index in [9.17, 15) is 19.2 Å². The van der Waals surface area contributed by atoms with Gasteiger partial charge in [-0.1, -0.05) is 18.7 Å². The zero-order valence-electron chi connectivity index (χ0n) is 23.5. The van der Waals surface area contributed by atoms with Gasteiger partial charge in [0.25, 0.3) is 0 Å². The molecular weight excluding hydrogens is 504 g/mol. The number of anilines is 1. The lowest BCUT2D eigenvalue weighted by molar-refractivity contribution is -0.126. The Bertz CT molecular complexity index is 939. The van der Waals surface area contributed by atoms with Crippen LogP contribution >= 0.6 is 0 Å². The van der Waals surface area contributed by atoms with Crippen LogP contribution in [0.4, 0.5) is 10.5 Å². The zero-order chi connectivity index (χ0) is 29.2. The molecule has 0 aromatic heterocycles. The van der Waals surface area contributed by atoms with E-state index in [1.165, 1.54) is 4.90 Å². The Hall–Kier alpha value is -3.68. The molecule has 0 spiro atoms. The number of nitrogens with two attached hydrogens (primary N) is 1. The third-order valence-corrected chi connectivity index (χ3v) is 5.53. The van der Waals surface area contributed by atoms with Crippen LogP contribution < -0.4 is 32.3 Å². The second-order valence-corrected chi connectivity index (χ2v) is 9.27. The first kappa shape index (κ1) is 33.3. The van der Waals surface area contributed by atoms with Gasteiger partial charge in [0.15, 0.2) is 0 Å². The van der Waals surface area contributed by atoms with E-state index in [-0.39, 0.29) is 38.1 Å². The van der Waals surface area contributed by atoms with E-state index in [0.29, 0.717) is 37.3 Å². The first-order chi connectivity index (χ1) is 18.5. The molecule has 0 heterocycles. The summed E-state index contributed by atoms with van der Waals surface area (Å²) >= 11 is 0. The smallest absolute Gasteiger partial charge is 0.409 e. The molecule has 0 saturated heterocycles. The van der Waals surface area contributed by atoms with Gasteiger partial charge in [-0.25, -0.2) is 4.79 Å². The van der Waals surface area contributed by atoms with Crippen LogP contribution in [0.25, 0.3) is 0 Å². The Balaban J connectivity index is 2.61. The molecule has 7 N–H and O–H groups in total. The Labute approximate surface area is 230 Å². The molecule has 4 amide bonds. The fourth-order valence-corrected chi connectivity index (χ4v) is 3.15. The maximum atomic E-state index is 13.0. The van der Waals surface area contributed by atoms with Crippen molar-refractivity contribution < 1.29 is 23.9 Å². The van der Waals surface area contributed by atoms with Gasteiger partial charge in [0, 0.05) is 31.5 Å². The van der Waals surface area contributed by atoms with Gasteiger partial charge >= 0.3 is 6.09 Å². The molecule has 218 valence electrons. The molecule has 1 aromatic carbocycles. The predicted molar refractivity (Wildman–Crippen MR) is 151 cm³/mol. The van der Waals surface area contributed by atoms with E-state index >= 15 is 0 Å². The third kappa shape index (κ3) is 14.7. The standard InChI is InChI=1S/C26H44N8O5/c1-19(16-30-23(35)15-27)29-17-24(36)32-22(7-6-12-28-2)25(37)31-21-10-8-20(9-11-21)18-39-26(38)34(5)14-13-33(3)4/h8-11,22,28-29H,1,6-7,12-18,27H2,2-5H3,(H,30,35)(H,31,37)(H,32,36). The highest BCUT2D eigenvalue weighted by Gasteiger charge is 2.21. The van der Waals surface area contributed by atoms with Crippen LogP contribution in [-0.2, 0) is 25.7 Å². The van der Waals surface area contributed by atoms with Crippen LogP contribution in [0, 0.1) is 0 Å². The van der Waals surface area contributed by atoms with E-state index in [2.05, 4.69) is 33.2 Å². The number of amides is 4. The zero-order valence-corrected chi connectivity index (χ0v) is 23.5. The topological polar surface area (TPSA) is 170 Å². The summed E-state index contributed by atoms with van der Waals surface area (Å²) in [7, 11) is 7.37. The van der Waals surface area contributed by atoms with Crippen molar-refractivity contribution in [2.24, 2.45) is 5.73 Å². The number of nitrogens with zero attached hydrogens (tertiary/aromatic N) is 2. The molecule has 0 saturated carbocycles. The third-order valence-electron chi connectivity index (χ3n) is 5.53. The van der Waals surface area contributed by atoms with Crippen molar-refractivity contribution in [3.8, 4) is 0 Å². The van der Waals surface area contributed by atoms with Gasteiger partial charge in [0.05, 0.1) is 19.6 Å². The quantitative estimate of drug-likeness (QED) is 0.131. The second kappa shape index (κ2) is 18.6. The van der Waals surface area contributed by atoms with Gasteiger partial charge in [-0.05, 0) is 58.2 Å². The maximum Gasteiger partial charge on any atom is 0.409 e. The fraction of sp³-hybridized carbons (Fsp3) is 0.538. The molecule has 0 bridgehead atoms. The SMILES string of the molecule is C=C(CNC(=O)CN)NCC(=O)NC(CCCNC)C(=O)Nc1ccc(COC(=O)N(C)CCN(C)C)cc1. The number of benzene rings is 1. The van der Waals surface area contributed by atoms with E-state index in [1.54, 1.807) is 31.3 Å². The van der Waals surface area contributed by atoms with Crippen LogP contribution in [0.1, 0.15) is 18.4 Å². The number of hydrogen-bond acceptors (Lipinski definition) is 9. The van der Waals surface area contributed by atoms with Crippen molar-refractivity contribution in [3.63, 3.8) is 0 Å². The predicted octanol–water partition coefficient (Wildman–Crippen LogP) is -0.582. The minimum absolute atomic E-state index is 0.106. The highest BCUT2D eigenvalue weighted by Crippen LogP contribution is 2.12. The molecular formula is C26H44N8O5. The molecule has 1 unspecified atom stereocenters. The number of hydrogen-bond donors (Lipinski definition) is 6. The number of ether oxygens (including phenoxy) is 1. The molecule has 1 atom stereocenters. The molecule has 13 nitrogen and oxygen atoms in total. The van der Waals surface area contributed by atoms with Gasteiger partial charge in [0.1, 0.15) is 12.6 Å². The minimum atomic E-state index is -0.754. The Kier molecular flexibility index (Phi) is 15.9. The van der Waals surface area contributed by atoms with Crippen LogP contribution in [0.3, 0.4) is 0 Å². The Morgan fingerprint density at radius 3 is 2.31 bits per heavy atom. The highest BCUT2D eigenvalue weighted by molar-refractivity contribution is 5.97. The average molecular weight is 549 g/mol. The summed E-state index contributed by atoms with van der Waals surface area (Å²) in [5, 5.41) is 14.0.